The molecule has 0 atom stereocenters. The van der Waals surface area contributed by atoms with Gasteiger partial charge in [-0.3, -0.25) is 0 Å². The van der Waals surface area contributed by atoms with Crippen molar-refractivity contribution in [3.05, 3.63) is 77.4 Å². The van der Waals surface area contributed by atoms with Gasteiger partial charge < -0.3 is 15.2 Å². The Hall–Kier alpha value is -2.75. The van der Waals surface area contributed by atoms with Crippen LogP contribution in [0.1, 0.15) is 22.5 Å². The molecule has 4 rings (SSSR count). The molecule has 24 heavy (non-hydrogen) atoms. The molecule has 0 unspecified atom stereocenters. The van der Waals surface area contributed by atoms with Gasteiger partial charge >= 0.3 is 0 Å². The van der Waals surface area contributed by atoms with Crippen LogP contribution in [0, 0.1) is 0 Å². The third-order valence-corrected chi connectivity index (χ3v) is 4.74. The summed E-state index contributed by atoms with van der Waals surface area (Å²) in [6, 6.07) is 14.8. The summed E-state index contributed by atoms with van der Waals surface area (Å²) in [7, 11) is 2.16. The maximum absolute atomic E-state index is 5.88. The van der Waals surface area contributed by atoms with E-state index >= 15 is 0 Å². The average molecular weight is 318 g/mol. The standard InChI is InChI=1S/C20H22N4/c1-23-9-7-17-11-15(5-6-19(17)23)13-20-22-8-10-24(20)14-16-3-2-4-18(21)12-16/h2-6,8,10-12H,7,9,13-14,21H2,1H3. The molecule has 0 saturated heterocycles. The Labute approximate surface area is 142 Å². The minimum absolute atomic E-state index is 0.800. The van der Waals surface area contributed by atoms with Crippen LogP contribution in [0.25, 0.3) is 0 Å². The van der Waals surface area contributed by atoms with Crippen molar-refractivity contribution in [1.82, 2.24) is 9.55 Å². The minimum Gasteiger partial charge on any atom is -0.399 e. The van der Waals surface area contributed by atoms with Gasteiger partial charge in [0.05, 0.1) is 0 Å². The van der Waals surface area contributed by atoms with Gasteiger partial charge in [0, 0.05) is 50.3 Å². The first-order valence-electron chi connectivity index (χ1n) is 8.36. The third-order valence-electron chi connectivity index (χ3n) is 4.74. The second kappa shape index (κ2) is 6.04. The molecule has 2 N–H and O–H groups in total. The summed E-state index contributed by atoms with van der Waals surface area (Å²) in [6.45, 7) is 1.91. The fraction of sp³-hybridized carbons (Fsp3) is 0.250. The fourth-order valence-electron chi connectivity index (χ4n) is 3.45. The van der Waals surface area contributed by atoms with E-state index < -0.39 is 0 Å². The van der Waals surface area contributed by atoms with E-state index in [1.54, 1.807) is 0 Å². The van der Waals surface area contributed by atoms with E-state index in [-0.39, 0.29) is 0 Å². The lowest BCUT2D eigenvalue weighted by atomic mass is 10.1. The highest BCUT2D eigenvalue weighted by atomic mass is 15.1. The Bertz CT molecular complexity index is 866. The van der Waals surface area contributed by atoms with Crippen molar-refractivity contribution in [3.8, 4) is 0 Å². The van der Waals surface area contributed by atoms with E-state index in [1.807, 2.05) is 30.6 Å². The first-order chi connectivity index (χ1) is 11.7. The van der Waals surface area contributed by atoms with E-state index in [2.05, 4.69) is 45.8 Å². The van der Waals surface area contributed by atoms with Crippen LogP contribution in [0.2, 0.25) is 0 Å². The summed E-state index contributed by atoms with van der Waals surface area (Å²) in [6.07, 6.45) is 5.91. The van der Waals surface area contributed by atoms with Gasteiger partial charge in [0.25, 0.3) is 0 Å². The number of nitrogens with zero attached hydrogens (tertiary/aromatic N) is 3. The molecule has 4 heteroatoms. The zero-order valence-corrected chi connectivity index (χ0v) is 13.9. The molecule has 2 aromatic carbocycles. The number of benzene rings is 2. The highest BCUT2D eigenvalue weighted by Crippen LogP contribution is 2.28. The van der Waals surface area contributed by atoms with Crippen molar-refractivity contribution in [3.63, 3.8) is 0 Å². The Balaban J connectivity index is 1.55. The highest BCUT2D eigenvalue weighted by Gasteiger charge is 2.16. The molecule has 0 aliphatic carbocycles. The topological polar surface area (TPSA) is 47.1 Å². The lowest BCUT2D eigenvalue weighted by Crippen LogP contribution is -2.12. The predicted octanol–water partition coefficient (Wildman–Crippen LogP) is 3.10. The van der Waals surface area contributed by atoms with Crippen LogP contribution in [0.15, 0.2) is 54.9 Å². The molecule has 0 bridgehead atoms. The van der Waals surface area contributed by atoms with Gasteiger partial charge in [-0.1, -0.05) is 24.3 Å². The number of hydrogen-bond acceptors (Lipinski definition) is 3. The molecule has 2 heterocycles. The number of hydrogen-bond donors (Lipinski definition) is 1. The van der Waals surface area contributed by atoms with Crippen molar-refractivity contribution in [2.45, 2.75) is 19.4 Å². The van der Waals surface area contributed by atoms with Crippen molar-refractivity contribution in [1.29, 1.82) is 0 Å². The Morgan fingerprint density at radius 1 is 1.12 bits per heavy atom. The van der Waals surface area contributed by atoms with Crippen LogP contribution in [0.5, 0.6) is 0 Å². The molecule has 1 aliphatic rings. The number of nitrogen functional groups attached to an aromatic ring is 1. The van der Waals surface area contributed by atoms with Crippen LogP contribution in [0.3, 0.4) is 0 Å². The van der Waals surface area contributed by atoms with Gasteiger partial charge in [-0.2, -0.15) is 0 Å². The SMILES string of the molecule is CN1CCc2cc(Cc3nccn3Cc3cccc(N)c3)ccc21. The monoisotopic (exact) mass is 318 g/mol. The zero-order valence-electron chi connectivity index (χ0n) is 13.9. The lowest BCUT2D eigenvalue weighted by Gasteiger charge is -2.13. The number of nitrogens with two attached hydrogens (primary N) is 1. The average Bonchev–Trinajstić information content (AvgIpc) is 3.15. The third kappa shape index (κ3) is 2.87. The summed E-state index contributed by atoms with van der Waals surface area (Å²) in [5.41, 5.74) is 12.0. The van der Waals surface area contributed by atoms with Gasteiger partial charge in [-0.05, 0) is 41.3 Å². The largest absolute Gasteiger partial charge is 0.399 e. The van der Waals surface area contributed by atoms with Crippen molar-refractivity contribution in [2.75, 3.05) is 24.2 Å². The van der Waals surface area contributed by atoms with E-state index in [4.69, 9.17) is 5.73 Å². The smallest absolute Gasteiger partial charge is 0.113 e. The molecule has 0 saturated carbocycles. The quantitative estimate of drug-likeness (QED) is 0.752. The van der Waals surface area contributed by atoms with Crippen LogP contribution in [-0.2, 0) is 19.4 Å². The molecular formula is C20H22N4. The Morgan fingerprint density at radius 2 is 2.04 bits per heavy atom. The van der Waals surface area contributed by atoms with Crippen LogP contribution < -0.4 is 10.6 Å². The predicted molar refractivity (Wildman–Crippen MR) is 98.4 cm³/mol. The number of anilines is 2. The van der Waals surface area contributed by atoms with Gasteiger partial charge in [-0.25, -0.2) is 4.98 Å². The van der Waals surface area contributed by atoms with E-state index in [0.29, 0.717) is 0 Å². The molecule has 1 aliphatic heterocycles. The van der Waals surface area contributed by atoms with Crippen LogP contribution in [-0.4, -0.2) is 23.1 Å². The number of fused-ring (bicyclic) bond motifs is 1. The van der Waals surface area contributed by atoms with Crippen LogP contribution >= 0.6 is 0 Å². The zero-order chi connectivity index (χ0) is 16.5. The highest BCUT2D eigenvalue weighted by molar-refractivity contribution is 5.58. The summed E-state index contributed by atoms with van der Waals surface area (Å²) < 4.78 is 2.20. The van der Waals surface area contributed by atoms with Crippen LogP contribution in [0.4, 0.5) is 11.4 Å². The molecule has 0 radical (unpaired) electrons. The van der Waals surface area contributed by atoms with Gasteiger partial charge in [-0.15, -0.1) is 0 Å². The molecule has 3 aromatic rings. The summed E-state index contributed by atoms with van der Waals surface area (Å²) in [5, 5.41) is 0. The second-order valence-corrected chi connectivity index (χ2v) is 6.53. The Kier molecular flexibility index (Phi) is 3.73. The normalized spacial score (nSPS) is 13.3. The number of rotatable bonds is 4. The molecule has 0 fully saturated rings. The first-order valence-corrected chi connectivity index (χ1v) is 8.36. The van der Waals surface area contributed by atoms with E-state index in [0.717, 1.165) is 37.4 Å². The molecular weight excluding hydrogens is 296 g/mol. The molecule has 4 nitrogen and oxygen atoms in total. The summed E-state index contributed by atoms with van der Waals surface area (Å²) >= 11 is 0. The molecule has 0 amide bonds. The van der Waals surface area contributed by atoms with Gasteiger partial charge in [0.15, 0.2) is 0 Å². The van der Waals surface area contributed by atoms with E-state index in [9.17, 15) is 0 Å². The van der Waals surface area contributed by atoms with Crippen molar-refractivity contribution < 1.29 is 0 Å². The molecule has 0 spiro atoms. The first kappa shape index (κ1) is 14.8. The number of imidazole rings is 1. The maximum Gasteiger partial charge on any atom is 0.113 e. The minimum atomic E-state index is 0.800. The summed E-state index contributed by atoms with van der Waals surface area (Å²) in [4.78, 5) is 6.88. The van der Waals surface area contributed by atoms with Crippen molar-refractivity contribution in [2.24, 2.45) is 0 Å². The van der Waals surface area contributed by atoms with Gasteiger partial charge in [0.2, 0.25) is 0 Å². The summed E-state index contributed by atoms with van der Waals surface area (Å²) in [5.74, 6) is 1.09. The molecule has 122 valence electrons. The van der Waals surface area contributed by atoms with Crippen molar-refractivity contribution >= 4 is 11.4 Å². The number of likely N-dealkylation sites (N-methyl/N-ethyl adjacent to an activating group) is 1. The lowest BCUT2D eigenvalue weighted by molar-refractivity contribution is 0.740. The Morgan fingerprint density at radius 3 is 2.92 bits per heavy atom. The fourth-order valence-corrected chi connectivity index (χ4v) is 3.45. The molecule has 1 aromatic heterocycles. The van der Waals surface area contributed by atoms with Gasteiger partial charge in [0.1, 0.15) is 5.82 Å². The number of aromatic nitrogens is 2. The second-order valence-electron chi connectivity index (χ2n) is 6.53. The maximum atomic E-state index is 5.88. The van der Waals surface area contributed by atoms with E-state index in [1.165, 1.54) is 22.4 Å².